The molecule has 1 aliphatic rings. The normalized spacial score (nSPS) is 16.9. The maximum Gasteiger partial charge on any atom is 0.0489 e. The first-order valence-electron chi connectivity index (χ1n) is 8.25. The van der Waals surface area contributed by atoms with Gasteiger partial charge in [0.15, 0.2) is 0 Å². The fourth-order valence-electron chi connectivity index (χ4n) is 3.56. The van der Waals surface area contributed by atoms with Gasteiger partial charge in [-0.3, -0.25) is 0 Å². The Kier molecular flexibility index (Phi) is 4.61. The van der Waals surface area contributed by atoms with Crippen molar-refractivity contribution < 1.29 is 0 Å². The highest BCUT2D eigenvalue weighted by Crippen LogP contribution is 2.23. The van der Waals surface area contributed by atoms with Gasteiger partial charge in [-0.1, -0.05) is 25.1 Å². The maximum absolute atomic E-state index is 3.48. The minimum atomic E-state index is 0.854. The van der Waals surface area contributed by atoms with Crippen molar-refractivity contribution in [2.45, 2.75) is 32.7 Å². The molecule has 2 aromatic rings. The van der Waals surface area contributed by atoms with Gasteiger partial charge in [-0.2, -0.15) is 0 Å². The fourth-order valence-corrected chi connectivity index (χ4v) is 3.56. The number of aromatic nitrogens is 1. The zero-order valence-corrected chi connectivity index (χ0v) is 13.3. The Morgan fingerprint density at radius 2 is 2.00 bits per heavy atom. The lowest BCUT2D eigenvalue weighted by Gasteiger charge is -2.27. The molecule has 114 valence electrons. The van der Waals surface area contributed by atoms with Gasteiger partial charge < -0.3 is 15.2 Å². The summed E-state index contributed by atoms with van der Waals surface area (Å²) in [7, 11) is 2.25. The van der Waals surface area contributed by atoms with E-state index < -0.39 is 0 Å². The molecule has 3 heteroatoms. The molecule has 1 aliphatic heterocycles. The highest BCUT2D eigenvalue weighted by atomic mass is 15.1. The van der Waals surface area contributed by atoms with Crippen molar-refractivity contribution in [3.8, 4) is 0 Å². The number of benzene rings is 1. The molecule has 2 heterocycles. The molecule has 0 amide bonds. The van der Waals surface area contributed by atoms with Gasteiger partial charge in [0.1, 0.15) is 0 Å². The van der Waals surface area contributed by atoms with E-state index in [1.165, 1.54) is 54.5 Å². The van der Waals surface area contributed by atoms with E-state index in [1.807, 2.05) is 0 Å². The monoisotopic (exact) mass is 285 g/mol. The van der Waals surface area contributed by atoms with Gasteiger partial charge in [0.25, 0.3) is 0 Å². The van der Waals surface area contributed by atoms with Crippen LogP contribution in [0.5, 0.6) is 0 Å². The van der Waals surface area contributed by atoms with Crippen molar-refractivity contribution in [1.29, 1.82) is 0 Å². The van der Waals surface area contributed by atoms with E-state index in [4.69, 9.17) is 0 Å². The molecule has 1 saturated heterocycles. The number of hydrogen-bond acceptors (Lipinski definition) is 2. The molecule has 0 saturated carbocycles. The summed E-state index contributed by atoms with van der Waals surface area (Å²) in [6.45, 7) is 6.84. The molecule has 2 N–H and O–H groups in total. The lowest BCUT2D eigenvalue weighted by Crippen LogP contribution is -2.34. The Balaban J connectivity index is 1.69. The third-order valence-corrected chi connectivity index (χ3v) is 4.74. The summed E-state index contributed by atoms with van der Waals surface area (Å²) in [5.74, 6) is 0.854. The molecule has 0 aliphatic carbocycles. The second-order valence-electron chi connectivity index (χ2n) is 6.40. The van der Waals surface area contributed by atoms with Crippen LogP contribution in [-0.2, 0) is 13.0 Å². The highest BCUT2D eigenvalue weighted by Gasteiger charge is 2.16. The summed E-state index contributed by atoms with van der Waals surface area (Å²) < 4.78 is 0. The Morgan fingerprint density at radius 1 is 1.19 bits per heavy atom. The quantitative estimate of drug-likeness (QED) is 0.884. The smallest absolute Gasteiger partial charge is 0.0489 e. The molecule has 21 heavy (non-hydrogen) atoms. The number of nitrogens with one attached hydrogen (secondary N) is 2. The minimum Gasteiger partial charge on any atom is -0.361 e. The molecule has 0 radical (unpaired) electrons. The van der Waals surface area contributed by atoms with E-state index in [0.29, 0.717) is 0 Å². The van der Waals surface area contributed by atoms with E-state index in [9.17, 15) is 0 Å². The average Bonchev–Trinajstić information content (AvgIpc) is 2.91. The predicted molar refractivity (Wildman–Crippen MR) is 89.6 cm³/mol. The van der Waals surface area contributed by atoms with Crippen LogP contribution >= 0.6 is 0 Å². The summed E-state index contributed by atoms with van der Waals surface area (Å²) >= 11 is 0. The van der Waals surface area contributed by atoms with Gasteiger partial charge in [0, 0.05) is 30.2 Å². The Morgan fingerprint density at radius 3 is 2.76 bits per heavy atom. The maximum atomic E-state index is 3.48. The number of piperidine rings is 1. The largest absolute Gasteiger partial charge is 0.361 e. The molecule has 0 unspecified atom stereocenters. The number of nitrogens with zero attached hydrogens (tertiary/aromatic N) is 1. The van der Waals surface area contributed by atoms with Crippen molar-refractivity contribution in [2.75, 3.05) is 26.7 Å². The molecule has 0 spiro atoms. The number of fused-ring (bicyclic) bond motifs is 1. The van der Waals surface area contributed by atoms with Gasteiger partial charge in [-0.15, -0.1) is 0 Å². The number of para-hydroxylation sites is 1. The van der Waals surface area contributed by atoms with Gasteiger partial charge in [0.2, 0.25) is 0 Å². The first-order chi connectivity index (χ1) is 10.3. The lowest BCUT2D eigenvalue weighted by atomic mass is 9.97. The van der Waals surface area contributed by atoms with Crippen LogP contribution in [-0.4, -0.2) is 36.6 Å². The SMILES string of the molecule is CCc1cccc2c(CN(C)CC3CCNCC3)c[nH]c12. The minimum absolute atomic E-state index is 0.854. The van der Waals surface area contributed by atoms with Gasteiger partial charge in [0.05, 0.1) is 0 Å². The van der Waals surface area contributed by atoms with Crippen LogP contribution in [0.15, 0.2) is 24.4 Å². The average molecular weight is 285 g/mol. The molecular formula is C18H27N3. The van der Waals surface area contributed by atoms with Gasteiger partial charge in [-0.05, 0) is 56.4 Å². The number of H-pyrrole nitrogens is 1. The summed E-state index contributed by atoms with van der Waals surface area (Å²) in [5.41, 5.74) is 4.17. The fraction of sp³-hybridized carbons (Fsp3) is 0.556. The van der Waals surface area contributed by atoms with E-state index in [-0.39, 0.29) is 0 Å². The van der Waals surface area contributed by atoms with E-state index in [2.05, 4.69) is 53.6 Å². The first kappa shape index (κ1) is 14.6. The van der Waals surface area contributed by atoms with Crippen LogP contribution in [0.3, 0.4) is 0 Å². The van der Waals surface area contributed by atoms with Crippen LogP contribution < -0.4 is 5.32 Å². The van der Waals surface area contributed by atoms with Crippen molar-refractivity contribution in [3.05, 3.63) is 35.5 Å². The van der Waals surface area contributed by atoms with Crippen LogP contribution in [0.2, 0.25) is 0 Å². The Labute approximate surface area is 127 Å². The van der Waals surface area contributed by atoms with E-state index in [0.717, 1.165) is 18.9 Å². The first-order valence-corrected chi connectivity index (χ1v) is 8.25. The number of aryl methyl sites for hydroxylation is 1. The molecule has 1 aromatic carbocycles. The number of hydrogen-bond donors (Lipinski definition) is 2. The molecule has 1 fully saturated rings. The molecular weight excluding hydrogens is 258 g/mol. The summed E-state index contributed by atoms with van der Waals surface area (Å²) in [4.78, 5) is 5.96. The van der Waals surface area contributed by atoms with E-state index in [1.54, 1.807) is 0 Å². The van der Waals surface area contributed by atoms with Crippen molar-refractivity contribution >= 4 is 10.9 Å². The second-order valence-corrected chi connectivity index (χ2v) is 6.40. The van der Waals surface area contributed by atoms with Crippen LogP contribution in [0, 0.1) is 5.92 Å². The molecule has 0 bridgehead atoms. The lowest BCUT2D eigenvalue weighted by molar-refractivity contribution is 0.235. The third-order valence-electron chi connectivity index (χ3n) is 4.74. The molecule has 3 rings (SSSR count). The van der Waals surface area contributed by atoms with Crippen LogP contribution in [0.25, 0.3) is 10.9 Å². The van der Waals surface area contributed by atoms with Gasteiger partial charge in [-0.25, -0.2) is 0 Å². The third kappa shape index (κ3) is 3.30. The molecule has 3 nitrogen and oxygen atoms in total. The van der Waals surface area contributed by atoms with Crippen LogP contribution in [0.4, 0.5) is 0 Å². The van der Waals surface area contributed by atoms with Crippen molar-refractivity contribution in [3.63, 3.8) is 0 Å². The van der Waals surface area contributed by atoms with Crippen molar-refractivity contribution in [2.24, 2.45) is 5.92 Å². The number of aromatic amines is 1. The predicted octanol–water partition coefficient (Wildman–Crippen LogP) is 3.16. The Bertz CT molecular complexity index is 581. The van der Waals surface area contributed by atoms with E-state index >= 15 is 0 Å². The second kappa shape index (κ2) is 6.63. The Hall–Kier alpha value is -1.32. The topological polar surface area (TPSA) is 31.1 Å². The summed E-state index contributed by atoms with van der Waals surface area (Å²) in [6, 6.07) is 6.66. The summed E-state index contributed by atoms with van der Waals surface area (Å²) in [5, 5.41) is 4.84. The number of rotatable bonds is 5. The van der Waals surface area contributed by atoms with Crippen molar-refractivity contribution in [1.82, 2.24) is 15.2 Å². The van der Waals surface area contributed by atoms with Gasteiger partial charge >= 0.3 is 0 Å². The molecule has 1 aromatic heterocycles. The summed E-state index contributed by atoms with van der Waals surface area (Å²) in [6.07, 6.45) is 5.92. The molecule has 0 atom stereocenters. The zero-order valence-electron chi connectivity index (χ0n) is 13.3. The zero-order chi connectivity index (χ0) is 14.7. The highest BCUT2D eigenvalue weighted by molar-refractivity contribution is 5.86. The van der Waals surface area contributed by atoms with Crippen LogP contribution in [0.1, 0.15) is 30.9 Å². The standard InChI is InChI=1S/C18H27N3/c1-3-15-5-4-6-17-16(11-20-18(15)17)13-21(2)12-14-7-9-19-10-8-14/h4-6,11,14,19-20H,3,7-10,12-13H2,1-2H3.